The van der Waals surface area contributed by atoms with Crippen LogP contribution in [0.3, 0.4) is 0 Å². The molecule has 3 spiro atoms. The molecule has 0 aliphatic heterocycles. The lowest BCUT2D eigenvalue weighted by atomic mass is 9.43. The summed E-state index contributed by atoms with van der Waals surface area (Å²) >= 11 is 0. The first-order chi connectivity index (χ1) is 71.3. The molecule has 0 N–H and O–H groups in total. The summed E-state index contributed by atoms with van der Waals surface area (Å²) in [6, 6.07) is 159. The van der Waals surface area contributed by atoms with E-state index in [-0.39, 0.29) is 27.1 Å². The number of hydrogen-bond donors (Lipinski definition) is 0. The van der Waals surface area contributed by atoms with Gasteiger partial charge in [0.1, 0.15) is 0 Å². The van der Waals surface area contributed by atoms with E-state index in [2.05, 4.69) is 461 Å². The standard InChI is InChI=1S/C55H47N.C49H43N.C38H33N/c1-54(2)48-15-8-6-13-45(48)46-28-27-44(34-51(46)54)56(43-25-23-40(24-26-43)39-21-19-38(20-22-39)37-11-4-3-5-12-37)52-18-10-17-50-53(52)47-14-7-9-16-49(47)55(50)41-30-35-29-36(32-41)33-42(55)31-35;1-48(2)42-18-8-6-16-39(42)40-23-22-38(30-45(40)48)50(37-15-10-14-34(29-37)33-12-4-3-5-13-33)46-21-11-20-44-47(46)41-17-7-9-19-43(41)49(44)35-25-31-24-32(27-35)28-36(49)26-31;1-2-12-30(13-3-1)39(35-18-8-11-27-10-4-5-14-31(27)35)36-19-9-17-34-37(36)32-15-6-7-16-33(32)38(34)28-21-25-20-26(23-28)24-29(38)22-25/h3-28,34-36,41-42H,29-33H2,1-2H3;3-23,29-32,35-36H,24-28H2,1-2H3;1-19,25-26,28-29H,20-24H2. The molecule has 706 valence electrons. The lowest BCUT2D eigenvalue weighted by Crippen LogP contribution is -2.55. The summed E-state index contributed by atoms with van der Waals surface area (Å²) in [5.74, 6) is 10.1. The first-order valence-electron chi connectivity index (χ1n) is 54.9. The van der Waals surface area contributed by atoms with Gasteiger partial charge in [0.05, 0.1) is 22.7 Å². The summed E-state index contributed by atoms with van der Waals surface area (Å²) in [4.78, 5) is 7.72. The third-order valence-electron chi connectivity index (χ3n) is 39.7. The van der Waals surface area contributed by atoms with E-state index >= 15 is 0 Å². The average Bonchev–Trinajstić information content (AvgIpc) is 1.53. The van der Waals surface area contributed by atoms with Crippen LogP contribution in [0.15, 0.2) is 419 Å². The van der Waals surface area contributed by atoms with Gasteiger partial charge in [-0.2, -0.15) is 0 Å². The minimum Gasteiger partial charge on any atom is -0.310 e. The molecule has 0 atom stereocenters. The summed E-state index contributed by atoms with van der Waals surface area (Å²) in [6.45, 7) is 9.59. The molecule has 12 saturated carbocycles. The summed E-state index contributed by atoms with van der Waals surface area (Å²) in [7, 11) is 0. The molecule has 0 heterocycles. The number of nitrogens with zero attached hydrogens (tertiary/aromatic N) is 3. The van der Waals surface area contributed by atoms with Crippen LogP contribution >= 0.6 is 0 Å². The van der Waals surface area contributed by atoms with Crippen molar-refractivity contribution in [2.24, 2.45) is 71.0 Å². The van der Waals surface area contributed by atoms with E-state index in [1.165, 1.54) is 270 Å². The van der Waals surface area contributed by atoms with Crippen molar-refractivity contribution in [2.75, 3.05) is 14.7 Å². The second-order valence-corrected chi connectivity index (χ2v) is 47.3. The molecule has 0 unspecified atom stereocenters. The second kappa shape index (κ2) is 32.8. The number of hydrogen-bond acceptors (Lipinski definition) is 3. The normalized spacial score (nSPS) is 25.6. The minimum absolute atomic E-state index is 0.0742. The van der Waals surface area contributed by atoms with Gasteiger partial charge in [-0.25, -0.2) is 0 Å². The largest absolute Gasteiger partial charge is 0.310 e. The molecule has 145 heavy (non-hydrogen) atoms. The van der Waals surface area contributed by atoms with Crippen LogP contribution in [0.5, 0.6) is 0 Å². The van der Waals surface area contributed by atoms with Crippen LogP contribution in [0.4, 0.5) is 51.2 Å². The number of anilines is 9. The average molecular weight is 1870 g/mol. The first kappa shape index (κ1) is 86.1. The molecule has 18 aromatic rings. The van der Waals surface area contributed by atoms with Crippen molar-refractivity contribution in [3.8, 4) is 89.0 Å². The molecule has 3 heteroatoms. The summed E-state index contributed by atoms with van der Waals surface area (Å²) in [5.41, 5.74) is 48.5. The smallest absolute Gasteiger partial charge is 0.0543 e. The Hall–Kier alpha value is -14.4. The van der Waals surface area contributed by atoms with Gasteiger partial charge in [0.15, 0.2) is 0 Å². The summed E-state index contributed by atoms with van der Waals surface area (Å²) < 4.78 is 0. The van der Waals surface area contributed by atoms with Crippen LogP contribution in [-0.4, -0.2) is 0 Å². The van der Waals surface area contributed by atoms with Crippen molar-refractivity contribution in [1.29, 1.82) is 0 Å². The van der Waals surface area contributed by atoms with Crippen molar-refractivity contribution in [2.45, 2.75) is 151 Å². The molecule has 0 amide bonds. The van der Waals surface area contributed by atoms with E-state index in [1.54, 1.807) is 33.4 Å². The zero-order valence-electron chi connectivity index (χ0n) is 83.7. The van der Waals surface area contributed by atoms with Gasteiger partial charge in [-0.3, -0.25) is 0 Å². The van der Waals surface area contributed by atoms with Crippen molar-refractivity contribution in [1.82, 2.24) is 0 Å². The Labute approximate surface area is 855 Å². The van der Waals surface area contributed by atoms with Crippen molar-refractivity contribution < 1.29 is 0 Å². The fraction of sp³-hybridized carbons (Fsp3) is 0.254. The molecule has 17 aliphatic rings. The maximum atomic E-state index is 2.59. The van der Waals surface area contributed by atoms with Gasteiger partial charge in [-0.1, -0.05) is 361 Å². The minimum atomic E-state index is -0.0843. The highest BCUT2D eigenvalue weighted by Gasteiger charge is 2.66. The van der Waals surface area contributed by atoms with E-state index < -0.39 is 0 Å². The molecule has 0 radical (unpaired) electrons. The third kappa shape index (κ3) is 12.7. The quantitative estimate of drug-likeness (QED) is 0.121. The Bertz CT molecular complexity index is 8150. The highest BCUT2D eigenvalue weighted by Crippen LogP contribution is 2.75. The van der Waals surface area contributed by atoms with Gasteiger partial charge in [0, 0.05) is 77.6 Å². The summed E-state index contributed by atoms with van der Waals surface area (Å²) in [6.07, 6.45) is 21.2. The Balaban J connectivity index is 0.000000103. The fourth-order valence-electron chi connectivity index (χ4n) is 34.8. The molecule has 12 fully saturated rings. The molecular formula is C142H123N3. The molecule has 17 aliphatic carbocycles. The van der Waals surface area contributed by atoms with Gasteiger partial charge in [-0.05, 0) is 386 Å². The van der Waals surface area contributed by atoms with Crippen LogP contribution in [0.2, 0.25) is 0 Å². The van der Waals surface area contributed by atoms with Crippen molar-refractivity contribution in [3.63, 3.8) is 0 Å². The van der Waals surface area contributed by atoms with Crippen LogP contribution < -0.4 is 14.7 Å². The monoisotopic (exact) mass is 1870 g/mol. The van der Waals surface area contributed by atoms with Crippen molar-refractivity contribution >= 4 is 62.0 Å². The van der Waals surface area contributed by atoms with E-state index in [0.717, 1.165) is 71.0 Å². The van der Waals surface area contributed by atoms with Gasteiger partial charge < -0.3 is 14.7 Å². The van der Waals surface area contributed by atoms with E-state index in [0.29, 0.717) is 0 Å². The van der Waals surface area contributed by atoms with Crippen LogP contribution in [0.1, 0.15) is 180 Å². The zero-order valence-corrected chi connectivity index (χ0v) is 83.7. The Kier molecular flexibility index (Phi) is 19.5. The fourth-order valence-corrected chi connectivity index (χ4v) is 34.8. The molecule has 0 aromatic heterocycles. The Morgan fingerprint density at radius 1 is 0.172 bits per heavy atom. The Morgan fingerprint density at radius 3 is 0.855 bits per heavy atom. The lowest BCUT2D eigenvalue weighted by molar-refractivity contribution is -0.0399. The molecule has 18 aromatic carbocycles. The topological polar surface area (TPSA) is 9.72 Å². The maximum Gasteiger partial charge on any atom is 0.0543 e. The van der Waals surface area contributed by atoms with Gasteiger partial charge >= 0.3 is 0 Å². The third-order valence-corrected chi connectivity index (χ3v) is 39.7. The number of fused-ring (bicyclic) bond motifs is 16. The van der Waals surface area contributed by atoms with E-state index in [4.69, 9.17) is 0 Å². The molecule has 0 saturated heterocycles. The molecule has 3 nitrogen and oxygen atoms in total. The van der Waals surface area contributed by atoms with E-state index in [1.807, 2.05) is 0 Å². The molecule has 12 bridgehead atoms. The SMILES string of the molecule is CC1(C)c2ccccc2-c2ccc(N(c3ccc(-c4ccc(-c5ccccc5)cc4)cc3)c3cccc4c3-c3ccccc3C43C4CC5CC(C4)CC3C5)cc21.CC1(C)c2ccccc2-c2ccc(N(c3cccc(-c4ccccc4)c3)c3cccc4c3-c3ccccc3C43C4CC5CC(C4)CC3C5)cc21.c1ccc(N(c2cccc3c2-c2ccccc2C32C3CC4CC(C3)CC2C4)c2cccc3ccccc23)cc1. The highest BCUT2D eigenvalue weighted by atomic mass is 15.2. The number of rotatable bonds is 12. The summed E-state index contributed by atoms with van der Waals surface area (Å²) in [5, 5.41) is 2.57. The Morgan fingerprint density at radius 2 is 0.434 bits per heavy atom. The predicted molar refractivity (Wildman–Crippen MR) is 602 cm³/mol. The van der Waals surface area contributed by atoms with E-state index in [9.17, 15) is 0 Å². The van der Waals surface area contributed by atoms with Crippen LogP contribution in [-0.2, 0) is 27.1 Å². The molecule has 35 rings (SSSR count). The number of benzene rings is 18. The van der Waals surface area contributed by atoms with Crippen LogP contribution in [0.25, 0.3) is 99.8 Å². The van der Waals surface area contributed by atoms with Gasteiger partial charge in [-0.15, -0.1) is 0 Å². The predicted octanol–water partition coefficient (Wildman–Crippen LogP) is 37.4. The van der Waals surface area contributed by atoms with Crippen LogP contribution in [0, 0.1) is 71.0 Å². The highest BCUT2D eigenvalue weighted by molar-refractivity contribution is 6.05. The van der Waals surface area contributed by atoms with Gasteiger partial charge in [0.25, 0.3) is 0 Å². The second-order valence-electron chi connectivity index (χ2n) is 47.3. The van der Waals surface area contributed by atoms with Gasteiger partial charge in [0.2, 0.25) is 0 Å². The molecular weight excluding hydrogens is 1750 g/mol. The number of para-hydroxylation sites is 1. The van der Waals surface area contributed by atoms with Crippen molar-refractivity contribution in [3.05, 3.63) is 474 Å². The lowest BCUT2D eigenvalue weighted by Gasteiger charge is -2.61. The zero-order chi connectivity index (χ0) is 95.9. The first-order valence-corrected chi connectivity index (χ1v) is 54.9. The maximum absolute atomic E-state index is 2.59.